The first kappa shape index (κ1) is 17.0. The number of piperazine rings is 1. The van der Waals surface area contributed by atoms with E-state index < -0.39 is 0 Å². The number of anilines is 2. The lowest BCUT2D eigenvalue weighted by Crippen LogP contribution is -2.46. The minimum atomic E-state index is -0.0841. The number of hydrogen-bond acceptors (Lipinski definition) is 5. The van der Waals surface area contributed by atoms with Crippen molar-refractivity contribution in [2.45, 2.75) is 13.3 Å². The highest BCUT2D eigenvalue weighted by Gasteiger charge is 2.20. The Hall–Kier alpha value is -1.79. The van der Waals surface area contributed by atoms with Gasteiger partial charge in [-0.3, -0.25) is 4.79 Å². The maximum absolute atomic E-state index is 12.0. The fraction of sp³-hybridized carbons (Fsp3) is 0.412. The largest absolute Gasteiger partial charge is 0.368 e. The van der Waals surface area contributed by atoms with Gasteiger partial charge in [0.1, 0.15) is 5.69 Å². The van der Waals surface area contributed by atoms with Crippen LogP contribution in [0.25, 0.3) is 0 Å². The number of carbonyl (C=O) groups excluding carboxylic acids is 1. The van der Waals surface area contributed by atoms with Crippen molar-refractivity contribution in [3.05, 3.63) is 40.4 Å². The van der Waals surface area contributed by atoms with Crippen molar-refractivity contribution in [2.24, 2.45) is 0 Å². The molecule has 0 aliphatic carbocycles. The molecule has 7 heteroatoms. The predicted molar refractivity (Wildman–Crippen MR) is 101 cm³/mol. The second-order valence-electron chi connectivity index (χ2n) is 5.72. The van der Waals surface area contributed by atoms with Crippen LogP contribution in [0, 0.1) is 0 Å². The number of rotatable bonds is 5. The highest BCUT2D eigenvalue weighted by atomic mass is 35.5. The van der Waals surface area contributed by atoms with E-state index in [1.807, 2.05) is 24.4 Å². The van der Waals surface area contributed by atoms with E-state index in [0.717, 1.165) is 42.8 Å². The van der Waals surface area contributed by atoms with E-state index in [2.05, 4.69) is 32.2 Å². The third-order valence-corrected chi connectivity index (χ3v) is 5.16. The smallest absolute Gasteiger partial charge is 0.270 e. The van der Waals surface area contributed by atoms with E-state index in [1.165, 1.54) is 17.0 Å². The number of nitrogens with one attached hydrogen (secondary N) is 1. The van der Waals surface area contributed by atoms with Gasteiger partial charge in [-0.15, -0.1) is 11.3 Å². The molecule has 0 saturated carbocycles. The monoisotopic (exact) mass is 364 g/mol. The van der Waals surface area contributed by atoms with Gasteiger partial charge < -0.3 is 15.1 Å². The minimum absolute atomic E-state index is 0.0841. The molecule has 1 aliphatic rings. The first-order valence-corrected chi connectivity index (χ1v) is 9.42. The van der Waals surface area contributed by atoms with Crippen LogP contribution in [-0.2, 0) is 0 Å². The lowest BCUT2D eigenvalue weighted by Gasteiger charge is -2.36. The molecule has 1 aliphatic heterocycles. The SMILES string of the molecule is CCCNC(=O)c1csc(N2CCN(c3ccc(Cl)cc3)CC2)n1. The molecule has 1 amide bonds. The number of halogens is 1. The quantitative estimate of drug-likeness (QED) is 0.884. The van der Waals surface area contributed by atoms with Crippen LogP contribution in [0.2, 0.25) is 5.02 Å². The molecular weight excluding hydrogens is 344 g/mol. The van der Waals surface area contributed by atoms with Crippen LogP contribution in [0.3, 0.4) is 0 Å². The lowest BCUT2D eigenvalue weighted by molar-refractivity contribution is 0.0949. The first-order chi connectivity index (χ1) is 11.7. The zero-order chi connectivity index (χ0) is 16.9. The molecule has 5 nitrogen and oxygen atoms in total. The summed E-state index contributed by atoms with van der Waals surface area (Å²) in [6, 6.07) is 7.95. The molecule has 3 rings (SSSR count). The standard InChI is InChI=1S/C17H21ClN4OS/c1-2-7-19-16(23)15-12-24-17(20-15)22-10-8-21(9-11-22)14-5-3-13(18)4-6-14/h3-6,12H,2,7-11H2,1H3,(H,19,23). The van der Waals surface area contributed by atoms with Gasteiger partial charge in [0.15, 0.2) is 5.13 Å². The lowest BCUT2D eigenvalue weighted by atomic mass is 10.2. The van der Waals surface area contributed by atoms with Crippen molar-refractivity contribution >= 4 is 39.7 Å². The number of hydrogen-bond donors (Lipinski definition) is 1. The summed E-state index contributed by atoms with van der Waals surface area (Å²) in [5, 5.41) is 6.39. The maximum Gasteiger partial charge on any atom is 0.270 e. The Morgan fingerprint density at radius 3 is 2.54 bits per heavy atom. The van der Waals surface area contributed by atoms with E-state index in [9.17, 15) is 4.79 Å². The first-order valence-electron chi connectivity index (χ1n) is 8.16. The third-order valence-electron chi connectivity index (χ3n) is 4.00. The molecular formula is C17H21ClN4OS. The van der Waals surface area contributed by atoms with Crippen LogP contribution in [0.4, 0.5) is 10.8 Å². The maximum atomic E-state index is 12.0. The summed E-state index contributed by atoms with van der Waals surface area (Å²) in [6.45, 7) is 6.37. The molecule has 2 aromatic rings. The van der Waals surface area contributed by atoms with Gasteiger partial charge in [-0.25, -0.2) is 4.98 Å². The van der Waals surface area contributed by atoms with Gasteiger partial charge in [0, 0.05) is 48.8 Å². The molecule has 128 valence electrons. The summed E-state index contributed by atoms with van der Waals surface area (Å²) in [6.07, 6.45) is 0.926. The number of nitrogens with zero attached hydrogens (tertiary/aromatic N) is 3. The Labute approximate surface area is 151 Å². The number of benzene rings is 1. The van der Waals surface area contributed by atoms with Crippen LogP contribution in [0.1, 0.15) is 23.8 Å². The molecule has 1 saturated heterocycles. The van der Waals surface area contributed by atoms with Crippen molar-refractivity contribution in [2.75, 3.05) is 42.5 Å². The topological polar surface area (TPSA) is 48.5 Å². The van der Waals surface area contributed by atoms with Crippen LogP contribution >= 0.6 is 22.9 Å². The Morgan fingerprint density at radius 2 is 1.88 bits per heavy atom. The van der Waals surface area contributed by atoms with E-state index in [0.29, 0.717) is 12.2 Å². The molecule has 2 heterocycles. The average Bonchev–Trinajstić information content (AvgIpc) is 3.11. The zero-order valence-electron chi connectivity index (χ0n) is 13.7. The Morgan fingerprint density at radius 1 is 1.21 bits per heavy atom. The summed E-state index contributed by atoms with van der Waals surface area (Å²) in [5.41, 5.74) is 1.71. The second kappa shape index (κ2) is 7.85. The van der Waals surface area contributed by atoms with E-state index >= 15 is 0 Å². The van der Waals surface area contributed by atoms with Gasteiger partial charge in [-0.1, -0.05) is 18.5 Å². The summed E-state index contributed by atoms with van der Waals surface area (Å²) in [4.78, 5) is 21.0. The molecule has 0 unspecified atom stereocenters. The van der Waals surface area contributed by atoms with Gasteiger partial charge in [-0.2, -0.15) is 0 Å². The Kier molecular flexibility index (Phi) is 5.58. The molecule has 1 aromatic carbocycles. The normalized spacial score (nSPS) is 14.8. The highest BCUT2D eigenvalue weighted by molar-refractivity contribution is 7.13. The fourth-order valence-corrected chi connectivity index (χ4v) is 3.64. The molecule has 1 aromatic heterocycles. The number of aromatic nitrogens is 1. The fourth-order valence-electron chi connectivity index (χ4n) is 2.65. The molecule has 0 spiro atoms. The number of carbonyl (C=O) groups is 1. The summed E-state index contributed by atoms with van der Waals surface area (Å²) < 4.78 is 0. The van der Waals surface area contributed by atoms with Crippen molar-refractivity contribution in [3.63, 3.8) is 0 Å². The summed E-state index contributed by atoms with van der Waals surface area (Å²) in [7, 11) is 0. The van der Waals surface area contributed by atoms with Gasteiger partial charge in [-0.05, 0) is 30.7 Å². The van der Waals surface area contributed by atoms with Gasteiger partial charge in [0.2, 0.25) is 0 Å². The molecule has 0 bridgehead atoms. The van der Waals surface area contributed by atoms with Crippen LogP contribution in [0.5, 0.6) is 0 Å². The zero-order valence-corrected chi connectivity index (χ0v) is 15.2. The predicted octanol–water partition coefficient (Wildman–Crippen LogP) is 3.26. The Balaban J connectivity index is 1.58. The van der Waals surface area contributed by atoms with Crippen LogP contribution in [0.15, 0.2) is 29.6 Å². The van der Waals surface area contributed by atoms with Crippen molar-refractivity contribution in [1.29, 1.82) is 0 Å². The van der Waals surface area contributed by atoms with E-state index in [4.69, 9.17) is 11.6 Å². The summed E-state index contributed by atoms with van der Waals surface area (Å²) in [5.74, 6) is -0.0841. The molecule has 0 atom stereocenters. The van der Waals surface area contributed by atoms with E-state index in [-0.39, 0.29) is 5.91 Å². The second-order valence-corrected chi connectivity index (χ2v) is 6.99. The highest BCUT2D eigenvalue weighted by Crippen LogP contribution is 2.24. The van der Waals surface area contributed by atoms with Crippen molar-refractivity contribution in [1.82, 2.24) is 10.3 Å². The van der Waals surface area contributed by atoms with Crippen molar-refractivity contribution < 1.29 is 4.79 Å². The van der Waals surface area contributed by atoms with Crippen LogP contribution in [-0.4, -0.2) is 43.6 Å². The van der Waals surface area contributed by atoms with Gasteiger partial charge in [0.05, 0.1) is 0 Å². The summed E-state index contributed by atoms with van der Waals surface area (Å²) >= 11 is 7.48. The number of amides is 1. The van der Waals surface area contributed by atoms with Gasteiger partial charge >= 0.3 is 0 Å². The van der Waals surface area contributed by atoms with E-state index in [1.54, 1.807) is 0 Å². The average molecular weight is 365 g/mol. The molecule has 0 radical (unpaired) electrons. The molecule has 24 heavy (non-hydrogen) atoms. The Bertz CT molecular complexity index is 680. The molecule has 1 fully saturated rings. The third kappa shape index (κ3) is 3.99. The van der Waals surface area contributed by atoms with Crippen LogP contribution < -0.4 is 15.1 Å². The molecule has 1 N–H and O–H groups in total. The minimum Gasteiger partial charge on any atom is -0.368 e. The van der Waals surface area contributed by atoms with Crippen molar-refractivity contribution in [3.8, 4) is 0 Å². The number of thiazole rings is 1. The van der Waals surface area contributed by atoms with Gasteiger partial charge in [0.25, 0.3) is 5.91 Å².